The summed E-state index contributed by atoms with van der Waals surface area (Å²) >= 11 is 1.31. The third-order valence-corrected chi connectivity index (χ3v) is 6.60. The standard InChI is InChI=1S/C29H30N4OS/c1-20-9-15-24(16-10-20)27-28(25-17-11-21(2)12-18-25)32-33-29(31-27)35-19-26(34)30-22(3)13-14-23-7-5-4-6-8-23/h4-12,15-18,22H,13-14,19H2,1-3H3,(H,30,34). The number of carbonyl (C=O) groups is 1. The molecule has 0 aliphatic rings. The van der Waals surface area contributed by atoms with Crippen molar-refractivity contribution >= 4 is 17.7 Å². The number of rotatable bonds is 9. The van der Waals surface area contributed by atoms with E-state index in [2.05, 4.69) is 65.8 Å². The van der Waals surface area contributed by atoms with Crippen molar-refractivity contribution < 1.29 is 4.79 Å². The van der Waals surface area contributed by atoms with Crippen LogP contribution >= 0.6 is 11.8 Å². The number of amides is 1. The molecule has 35 heavy (non-hydrogen) atoms. The average molecular weight is 483 g/mol. The predicted octanol–water partition coefficient (Wildman–Crippen LogP) is 6.05. The highest BCUT2D eigenvalue weighted by Crippen LogP contribution is 2.30. The highest BCUT2D eigenvalue weighted by Gasteiger charge is 2.15. The van der Waals surface area contributed by atoms with Gasteiger partial charge in [-0.05, 0) is 39.2 Å². The lowest BCUT2D eigenvalue weighted by Crippen LogP contribution is -2.34. The zero-order chi connectivity index (χ0) is 24.6. The molecule has 0 spiro atoms. The fraction of sp³-hybridized carbons (Fsp3) is 0.241. The largest absolute Gasteiger partial charge is 0.353 e. The number of aromatic nitrogens is 3. The number of nitrogens with one attached hydrogen (secondary N) is 1. The van der Waals surface area contributed by atoms with Gasteiger partial charge in [0.1, 0.15) is 11.4 Å². The number of thioether (sulfide) groups is 1. The van der Waals surface area contributed by atoms with Crippen molar-refractivity contribution in [3.05, 3.63) is 95.6 Å². The highest BCUT2D eigenvalue weighted by atomic mass is 32.2. The van der Waals surface area contributed by atoms with Crippen LogP contribution in [0.2, 0.25) is 0 Å². The molecule has 0 saturated carbocycles. The Morgan fingerprint density at radius 1 is 0.829 bits per heavy atom. The van der Waals surface area contributed by atoms with Crippen LogP contribution in [0.5, 0.6) is 0 Å². The zero-order valence-corrected chi connectivity index (χ0v) is 21.2. The van der Waals surface area contributed by atoms with E-state index in [0.717, 1.165) is 35.4 Å². The predicted molar refractivity (Wildman–Crippen MR) is 143 cm³/mol. The molecule has 1 N–H and O–H groups in total. The highest BCUT2D eigenvalue weighted by molar-refractivity contribution is 7.99. The summed E-state index contributed by atoms with van der Waals surface area (Å²) in [6.07, 6.45) is 1.82. The number of benzene rings is 3. The Kier molecular flexibility index (Phi) is 8.27. The van der Waals surface area contributed by atoms with Crippen molar-refractivity contribution in [3.63, 3.8) is 0 Å². The normalized spacial score (nSPS) is 11.7. The molecule has 1 atom stereocenters. The second-order valence-corrected chi connectivity index (χ2v) is 9.75. The topological polar surface area (TPSA) is 67.8 Å². The van der Waals surface area contributed by atoms with E-state index in [4.69, 9.17) is 4.98 Å². The van der Waals surface area contributed by atoms with Gasteiger partial charge in [-0.15, -0.1) is 10.2 Å². The summed E-state index contributed by atoms with van der Waals surface area (Å²) in [6, 6.07) is 26.8. The smallest absolute Gasteiger partial charge is 0.230 e. The number of aryl methyl sites for hydroxylation is 3. The van der Waals surface area contributed by atoms with Gasteiger partial charge in [-0.2, -0.15) is 0 Å². The van der Waals surface area contributed by atoms with Crippen LogP contribution in [0.3, 0.4) is 0 Å². The first kappa shape index (κ1) is 24.6. The lowest BCUT2D eigenvalue weighted by Gasteiger charge is -2.14. The monoisotopic (exact) mass is 482 g/mol. The summed E-state index contributed by atoms with van der Waals surface area (Å²) < 4.78 is 0. The van der Waals surface area contributed by atoms with Crippen molar-refractivity contribution in [2.24, 2.45) is 0 Å². The van der Waals surface area contributed by atoms with Crippen LogP contribution in [0.15, 0.2) is 84.0 Å². The van der Waals surface area contributed by atoms with Crippen LogP contribution in [-0.2, 0) is 11.2 Å². The summed E-state index contributed by atoms with van der Waals surface area (Å²) in [4.78, 5) is 17.4. The van der Waals surface area contributed by atoms with E-state index < -0.39 is 0 Å². The van der Waals surface area contributed by atoms with Crippen LogP contribution < -0.4 is 5.32 Å². The molecule has 178 valence electrons. The van der Waals surface area contributed by atoms with Gasteiger partial charge in [-0.3, -0.25) is 4.79 Å². The first-order valence-electron chi connectivity index (χ1n) is 11.8. The molecule has 0 saturated heterocycles. The molecule has 1 amide bonds. The van der Waals surface area contributed by atoms with Gasteiger partial charge in [-0.25, -0.2) is 4.98 Å². The summed E-state index contributed by atoms with van der Waals surface area (Å²) in [7, 11) is 0. The number of hydrogen-bond acceptors (Lipinski definition) is 5. The fourth-order valence-corrected chi connectivity index (χ4v) is 4.34. The van der Waals surface area contributed by atoms with Gasteiger partial charge < -0.3 is 5.32 Å². The van der Waals surface area contributed by atoms with E-state index in [9.17, 15) is 4.79 Å². The number of hydrogen-bond donors (Lipinski definition) is 1. The third kappa shape index (κ3) is 6.99. The van der Waals surface area contributed by atoms with E-state index in [1.54, 1.807) is 0 Å². The van der Waals surface area contributed by atoms with Crippen LogP contribution in [0, 0.1) is 13.8 Å². The maximum atomic E-state index is 12.5. The Labute approximate surface area is 211 Å². The molecular weight excluding hydrogens is 452 g/mol. The van der Waals surface area contributed by atoms with Crippen LogP contribution in [0.1, 0.15) is 30.0 Å². The van der Waals surface area contributed by atoms with Crippen molar-refractivity contribution in [3.8, 4) is 22.5 Å². The van der Waals surface area contributed by atoms with Gasteiger partial charge in [-0.1, -0.05) is 102 Å². The SMILES string of the molecule is Cc1ccc(-c2nnc(SCC(=O)NC(C)CCc3ccccc3)nc2-c2ccc(C)cc2)cc1. The Morgan fingerprint density at radius 2 is 1.43 bits per heavy atom. The van der Waals surface area contributed by atoms with Crippen molar-refractivity contribution in [1.82, 2.24) is 20.5 Å². The van der Waals surface area contributed by atoms with Gasteiger partial charge in [0.15, 0.2) is 0 Å². The molecule has 5 nitrogen and oxygen atoms in total. The minimum absolute atomic E-state index is 0.0290. The molecule has 1 aromatic heterocycles. The minimum Gasteiger partial charge on any atom is -0.353 e. The van der Waals surface area contributed by atoms with Crippen molar-refractivity contribution in [1.29, 1.82) is 0 Å². The second kappa shape index (κ2) is 11.8. The molecule has 0 fully saturated rings. The minimum atomic E-state index is -0.0290. The van der Waals surface area contributed by atoms with Gasteiger partial charge in [0.05, 0.1) is 5.75 Å². The maximum Gasteiger partial charge on any atom is 0.230 e. The van der Waals surface area contributed by atoms with E-state index in [-0.39, 0.29) is 17.7 Å². The molecule has 3 aromatic carbocycles. The van der Waals surface area contributed by atoms with Crippen LogP contribution in [0.25, 0.3) is 22.5 Å². The van der Waals surface area contributed by atoms with Crippen LogP contribution in [-0.4, -0.2) is 32.9 Å². The molecule has 4 rings (SSSR count). The number of nitrogens with zero attached hydrogens (tertiary/aromatic N) is 3. The zero-order valence-electron chi connectivity index (χ0n) is 20.4. The average Bonchev–Trinajstić information content (AvgIpc) is 2.88. The van der Waals surface area contributed by atoms with E-state index in [0.29, 0.717) is 5.16 Å². The molecule has 6 heteroatoms. The first-order chi connectivity index (χ1) is 17.0. The van der Waals surface area contributed by atoms with E-state index in [1.807, 2.05) is 49.4 Å². The second-order valence-electron chi connectivity index (χ2n) is 8.81. The molecule has 4 aromatic rings. The van der Waals surface area contributed by atoms with Gasteiger partial charge in [0.25, 0.3) is 0 Å². The summed E-state index contributed by atoms with van der Waals surface area (Å²) in [5.74, 6) is 0.216. The lowest BCUT2D eigenvalue weighted by molar-refractivity contribution is -0.119. The third-order valence-electron chi connectivity index (χ3n) is 5.77. The van der Waals surface area contributed by atoms with Crippen molar-refractivity contribution in [2.75, 3.05) is 5.75 Å². The molecule has 0 aliphatic carbocycles. The molecule has 0 aliphatic heterocycles. The maximum absolute atomic E-state index is 12.5. The molecule has 1 unspecified atom stereocenters. The quantitative estimate of drug-likeness (QED) is 0.294. The Morgan fingerprint density at radius 3 is 2.06 bits per heavy atom. The molecule has 0 radical (unpaired) electrons. The van der Waals surface area contributed by atoms with Crippen LogP contribution in [0.4, 0.5) is 0 Å². The molecular formula is C29H30N4OS. The Hall–Kier alpha value is -3.51. The van der Waals surface area contributed by atoms with Crippen molar-refractivity contribution in [2.45, 2.75) is 44.8 Å². The molecule has 0 bridgehead atoms. The van der Waals surface area contributed by atoms with Gasteiger partial charge in [0.2, 0.25) is 11.1 Å². The van der Waals surface area contributed by atoms with Gasteiger partial charge >= 0.3 is 0 Å². The molecule has 1 heterocycles. The Bertz CT molecular complexity index is 1260. The van der Waals surface area contributed by atoms with E-state index >= 15 is 0 Å². The summed E-state index contributed by atoms with van der Waals surface area (Å²) in [5.41, 5.74) is 7.08. The first-order valence-corrected chi connectivity index (χ1v) is 12.8. The van der Waals surface area contributed by atoms with Gasteiger partial charge in [0, 0.05) is 17.2 Å². The summed E-state index contributed by atoms with van der Waals surface area (Å²) in [6.45, 7) is 6.15. The Balaban J connectivity index is 1.44. The summed E-state index contributed by atoms with van der Waals surface area (Å²) in [5, 5.41) is 12.4. The van der Waals surface area contributed by atoms with E-state index in [1.165, 1.54) is 28.5 Å². The fourth-order valence-electron chi connectivity index (χ4n) is 3.74. The lowest BCUT2D eigenvalue weighted by atomic mass is 10.0. The number of carbonyl (C=O) groups excluding carboxylic acids is 1.